The zero-order valence-corrected chi connectivity index (χ0v) is 6.90. The summed E-state index contributed by atoms with van der Waals surface area (Å²) in [6.07, 6.45) is -1.44. The molecule has 0 heterocycles. The summed E-state index contributed by atoms with van der Waals surface area (Å²) in [5.41, 5.74) is 4.54. The van der Waals surface area contributed by atoms with Crippen molar-refractivity contribution in [1.29, 1.82) is 0 Å². The monoisotopic (exact) mass is 190 g/mol. The van der Waals surface area contributed by atoms with E-state index in [1.54, 1.807) is 0 Å². The van der Waals surface area contributed by atoms with Crippen molar-refractivity contribution < 1.29 is 24.6 Å². The van der Waals surface area contributed by atoms with Crippen molar-refractivity contribution in [3.05, 3.63) is 12.2 Å². The first kappa shape index (κ1) is 13.5. The first-order chi connectivity index (χ1) is 5.77. The number of amides is 3. The van der Waals surface area contributed by atoms with E-state index in [1.165, 1.54) is 12.2 Å². The lowest BCUT2D eigenvalue weighted by Crippen LogP contribution is -2.33. The fourth-order valence-electron chi connectivity index (χ4n) is 0.105. The van der Waals surface area contributed by atoms with Gasteiger partial charge in [-0.2, -0.15) is 0 Å². The van der Waals surface area contributed by atoms with E-state index in [0.717, 1.165) is 0 Å². The summed E-state index contributed by atoms with van der Waals surface area (Å²) in [5, 5.41) is 16.9. The molecular weight excluding hydrogens is 180 g/mol. The Hall–Kier alpha value is -2.05. The Morgan fingerprint density at radius 2 is 1.62 bits per heavy atom. The van der Waals surface area contributed by atoms with Crippen molar-refractivity contribution in [2.75, 3.05) is 0 Å². The Morgan fingerprint density at radius 1 is 1.31 bits per heavy atom. The normalized spacial score (nSPS) is 7.46. The standard InChI is InChI=1S/C4H6O2.C2H4N2O3/c1-3(2)4(5)6;3-1(5)4-2(6)7/h1H2,2H3,(H,5,6);(H,6,7)(H3,3,4,5). The number of primary amides is 1. The van der Waals surface area contributed by atoms with Crippen LogP contribution in [0.5, 0.6) is 0 Å². The molecule has 5 N–H and O–H groups in total. The lowest BCUT2D eigenvalue weighted by molar-refractivity contribution is -0.132. The van der Waals surface area contributed by atoms with E-state index in [2.05, 4.69) is 12.3 Å². The van der Waals surface area contributed by atoms with Crippen LogP contribution < -0.4 is 11.1 Å². The van der Waals surface area contributed by atoms with E-state index in [9.17, 15) is 14.4 Å². The predicted molar refractivity (Wildman–Crippen MR) is 43.2 cm³/mol. The summed E-state index contributed by atoms with van der Waals surface area (Å²) in [7, 11) is 0. The molecule has 0 aromatic rings. The van der Waals surface area contributed by atoms with Crippen molar-refractivity contribution in [3.63, 3.8) is 0 Å². The van der Waals surface area contributed by atoms with Crippen LogP contribution in [0.1, 0.15) is 6.92 Å². The highest BCUT2D eigenvalue weighted by Crippen LogP contribution is 1.81. The van der Waals surface area contributed by atoms with E-state index in [0.29, 0.717) is 0 Å². The number of carboxylic acid groups (broad SMARTS) is 2. The maximum atomic E-state index is 9.60. The van der Waals surface area contributed by atoms with Crippen molar-refractivity contribution in [2.24, 2.45) is 5.73 Å². The minimum absolute atomic E-state index is 0.176. The molecule has 74 valence electrons. The zero-order chi connectivity index (χ0) is 11.0. The van der Waals surface area contributed by atoms with Gasteiger partial charge in [0, 0.05) is 5.57 Å². The molecule has 0 saturated heterocycles. The largest absolute Gasteiger partial charge is 0.478 e. The summed E-state index contributed by atoms with van der Waals surface area (Å²) >= 11 is 0. The molecule has 0 aromatic heterocycles. The number of imide groups is 1. The number of carbonyl (C=O) groups is 3. The molecule has 0 aliphatic carbocycles. The van der Waals surface area contributed by atoms with Crippen molar-refractivity contribution >= 4 is 18.1 Å². The van der Waals surface area contributed by atoms with Crippen LogP contribution in [0.2, 0.25) is 0 Å². The van der Waals surface area contributed by atoms with Gasteiger partial charge < -0.3 is 15.9 Å². The molecular formula is C6H10N2O5. The number of nitrogens with two attached hydrogens (primary N) is 1. The summed E-state index contributed by atoms with van der Waals surface area (Å²) in [4.78, 5) is 28.5. The van der Waals surface area contributed by atoms with E-state index in [4.69, 9.17) is 10.2 Å². The van der Waals surface area contributed by atoms with E-state index >= 15 is 0 Å². The van der Waals surface area contributed by atoms with Gasteiger partial charge in [-0.25, -0.2) is 19.7 Å². The third kappa shape index (κ3) is 17.8. The highest BCUT2D eigenvalue weighted by molar-refractivity contribution is 5.88. The van der Waals surface area contributed by atoms with Gasteiger partial charge in [0.25, 0.3) is 0 Å². The molecule has 0 saturated carbocycles. The number of urea groups is 1. The van der Waals surface area contributed by atoms with Crippen LogP contribution >= 0.6 is 0 Å². The molecule has 0 radical (unpaired) electrons. The van der Waals surface area contributed by atoms with Gasteiger partial charge in [0.15, 0.2) is 0 Å². The topological polar surface area (TPSA) is 130 Å². The molecule has 7 heteroatoms. The molecule has 0 aliphatic rings. The summed E-state index contributed by atoms with van der Waals surface area (Å²) < 4.78 is 0. The number of nitrogens with one attached hydrogen (secondary N) is 1. The van der Waals surface area contributed by atoms with Gasteiger partial charge in [0.1, 0.15) is 0 Å². The summed E-state index contributed by atoms with van der Waals surface area (Å²) in [6, 6.07) is -1.06. The number of hydrogen-bond acceptors (Lipinski definition) is 3. The lowest BCUT2D eigenvalue weighted by Gasteiger charge is -1.86. The average molecular weight is 190 g/mol. The molecule has 7 nitrogen and oxygen atoms in total. The van der Waals surface area contributed by atoms with Gasteiger partial charge >= 0.3 is 18.1 Å². The maximum Gasteiger partial charge on any atom is 0.412 e. The smallest absolute Gasteiger partial charge is 0.412 e. The minimum atomic E-state index is -1.44. The van der Waals surface area contributed by atoms with Crippen molar-refractivity contribution in [1.82, 2.24) is 5.32 Å². The summed E-state index contributed by atoms with van der Waals surface area (Å²) in [5.74, 6) is -0.935. The molecule has 0 atom stereocenters. The van der Waals surface area contributed by atoms with Crippen LogP contribution in [-0.2, 0) is 4.79 Å². The van der Waals surface area contributed by atoms with Gasteiger partial charge in [0.05, 0.1) is 0 Å². The first-order valence-electron chi connectivity index (χ1n) is 2.95. The molecule has 0 spiro atoms. The van der Waals surface area contributed by atoms with Crippen LogP contribution in [0.15, 0.2) is 12.2 Å². The predicted octanol–water partition coefficient (Wildman–Crippen LogP) is -0.0202. The third-order valence-electron chi connectivity index (χ3n) is 0.595. The van der Waals surface area contributed by atoms with Crippen LogP contribution in [0.25, 0.3) is 0 Å². The van der Waals surface area contributed by atoms with Gasteiger partial charge in [0.2, 0.25) is 0 Å². The third-order valence-corrected chi connectivity index (χ3v) is 0.595. The lowest BCUT2D eigenvalue weighted by atomic mass is 10.4. The van der Waals surface area contributed by atoms with Crippen molar-refractivity contribution in [3.8, 4) is 0 Å². The van der Waals surface area contributed by atoms with Gasteiger partial charge in [-0.1, -0.05) is 6.58 Å². The molecule has 0 aliphatic heterocycles. The maximum absolute atomic E-state index is 9.60. The average Bonchev–Trinajstić information content (AvgIpc) is 1.84. The number of rotatable bonds is 1. The van der Waals surface area contributed by atoms with Crippen LogP contribution in [-0.4, -0.2) is 28.3 Å². The fraction of sp³-hybridized carbons (Fsp3) is 0.167. The van der Waals surface area contributed by atoms with Gasteiger partial charge in [-0.3, -0.25) is 0 Å². The molecule has 0 unspecified atom stereocenters. The van der Waals surface area contributed by atoms with E-state index in [-0.39, 0.29) is 5.57 Å². The second kappa shape index (κ2) is 6.65. The Morgan fingerprint density at radius 3 is 1.62 bits per heavy atom. The minimum Gasteiger partial charge on any atom is -0.478 e. The fourth-order valence-corrected chi connectivity index (χ4v) is 0.105. The van der Waals surface area contributed by atoms with Crippen LogP contribution in [0.4, 0.5) is 9.59 Å². The highest BCUT2D eigenvalue weighted by Gasteiger charge is 1.94. The Kier molecular flexibility index (Phi) is 6.92. The number of hydrogen-bond donors (Lipinski definition) is 4. The van der Waals surface area contributed by atoms with Gasteiger partial charge in [-0.15, -0.1) is 0 Å². The second-order valence-electron chi connectivity index (χ2n) is 1.88. The molecule has 13 heavy (non-hydrogen) atoms. The highest BCUT2D eigenvalue weighted by atomic mass is 16.4. The van der Waals surface area contributed by atoms with E-state index < -0.39 is 18.1 Å². The van der Waals surface area contributed by atoms with Crippen LogP contribution in [0, 0.1) is 0 Å². The second-order valence-corrected chi connectivity index (χ2v) is 1.88. The molecule has 0 aromatic carbocycles. The van der Waals surface area contributed by atoms with Gasteiger partial charge in [-0.05, 0) is 6.92 Å². The number of carboxylic acids is 1. The number of carbonyl (C=O) groups excluding carboxylic acids is 1. The summed E-state index contributed by atoms with van der Waals surface area (Å²) in [6.45, 7) is 4.60. The van der Waals surface area contributed by atoms with Crippen LogP contribution in [0.3, 0.4) is 0 Å². The van der Waals surface area contributed by atoms with Crippen molar-refractivity contribution in [2.45, 2.75) is 6.92 Å². The molecule has 0 rings (SSSR count). The molecule has 0 fully saturated rings. The number of aliphatic carboxylic acids is 1. The Bertz CT molecular complexity index is 211. The molecule has 0 bridgehead atoms. The Balaban J connectivity index is 0. The first-order valence-corrected chi connectivity index (χ1v) is 2.95. The quantitative estimate of drug-likeness (QED) is 0.431. The zero-order valence-electron chi connectivity index (χ0n) is 6.90. The molecule has 3 amide bonds. The van der Waals surface area contributed by atoms with E-state index in [1.807, 2.05) is 0 Å². The Labute approximate surface area is 73.8 Å². The SMILES string of the molecule is C=C(C)C(=O)O.NC(=O)NC(=O)O.